The van der Waals surface area contributed by atoms with Gasteiger partial charge in [0.2, 0.25) is 0 Å². The van der Waals surface area contributed by atoms with Gasteiger partial charge in [0.15, 0.2) is 0 Å². The van der Waals surface area contributed by atoms with Gasteiger partial charge < -0.3 is 10.6 Å². The second-order valence-corrected chi connectivity index (χ2v) is 4.77. The Morgan fingerprint density at radius 1 is 1.53 bits per heavy atom. The largest absolute Gasteiger partial charge is 0.337 e. The van der Waals surface area contributed by atoms with Crippen molar-refractivity contribution in [2.45, 2.75) is 13.0 Å². The molecule has 1 aromatic rings. The number of nitrogens with zero attached hydrogens (tertiary/aromatic N) is 2. The normalized spacial score (nSPS) is 22.6. The molecule has 1 heterocycles. The molecule has 1 amide bonds. The molecule has 2 atom stereocenters. The summed E-state index contributed by atoms with van der Waals surface area (Å²) in [6, 6.07) is 2.78. The maximum absolute atomic E-state index is 13.6. The molecule has 1 aliphatic heterocycles. The zero-order valence-corrected chi connectivity index (χ0v) is 10.4. The molecular formula is C12H14FN3O3. The predicted molar refractivity (Wildman–Crippen MR) is 66.1 cm³/mol. The van der Waals surface area contributed by atoms with E-state index >= 15 is 0 Å². The first-order valence-corrected chi connectivity index (χ1v) is 5.89. The minimum atomic E-state index is -0.760. The van der Waals surface area contributed by atoms with Gasteiger partial charge in [-0.2, -0.15) is 0 Å². The molecular weight excluding hydrogens is 253 g/mol. The van der Waals surface area contributed by atoms with Gasteiger partial charge in [0.05, 0.1) is 10.5 Å². The van der Waals surface area contributed by atoms with Crippen molar-refractivity contribution in [2.24, 2.45) is 11.7 Å². The summed E-state index contributed by atoms with van der Waals surface area (Å²) in [5.41, 5.74) is 5.22. The number of nitro groups is 1. The Bertz CT molecular complexity index is 525. The van der Waals surface area contributed by atoms with Crippen LogP contribution in [0.3, 0.4) is 0 Å². The van der Waals surface area contributed by atoms with Gasteiger partial charge in [0, 0.05) is 31.3 Å². The molecule has 0 saturated carbocycles. The first-order valence-electron chi connectivity index (χ1n) is 5.89. The average molecular weight is 267 g/mol. The number of hydrogen-bond donors (Lipinski definition) is 1. The van der Waals surface area contributed by atoms with E-state index in [-0.39, 0.29) is 23.2 Å². The van der Waals surface area contributed by atoms with Crippen LogP contribution in [0.2, 0.25) is 0 Å². The van der Waals surface area contributed by atoms with Crippen molar-refractivity contribution in [1.82, 2.24) is 4.90 Å². The molecule has 0 bridgehead atoms. The second kappa shape index (κ2) is 4.93. The van der Waals surface area contributed by atoms with Gasteiger partial charge in [0.1, 0.15) is 5.82 Å². The van der Waals surface area contributed by atoms with Crippen molar-refractivity contribution >= 4 is 11.6 Å². The number of carbonyl (C=O) groups excluding carboxylic acids is 1. The lowest BCUT2D eigenvalue weighted by molar-refractivity contribution is -0.384. The third-order valence-electron chi connectivity index (χ3n) is 3.35. The van der Waals surface area contributed by atoms with Crippen LogP contribution in [0.1, 0.15) is 17.3 Å². The number of rotatable bonds is 2. The highest BCUT2D eigenvalue weighted by molar-refractivity contribution is 5.95. The highest BCUT2D eigenvalue weighted by Crippen LogP contribution is 2.22. The highest BCUT2D eigenvalue weighted by Gasteiger charge is 2.32. The SMILES string of the molecule is CC1CN(C(=O)c2cc([N+](=O)[O-])ccc2F)CC1N. The predicted octanol–water partition coefficient (Wildman–Crippen LogP) is 1.15. The quantitative estimate of drug-likeness (QED) is 0.643. The minimum Gasteiger partial charge on any atom is -0.337 e. The lowest BCUT2D eigenvalue weighted by atomic mass is 10.1. The molecule has 2 unspecified atom stereocenters. The van der Waals surface area contributed by atoms with E-state index in [1.165, 1.54) is 4.90 Å². The summed E-state index contributed by atoms with van der Waals surface area (Å²) in [7, 11) is 0. The van der Waals surface area contributed by atoms with Gasteiger partial charge in [-0.15, -0.1) is 0 Å². The van der Waals surface area contributed by atoms with Crippen LogP contribution in [-0.4, -0.2) is 34.9 Å². The third-order valence-corrected chi connectivity index (χ3v) is 3.35. The van der Waals surface area contributed by atoms with E-state index in [0.29, 0.717) is 13.1 Å². The number of halogens is 1. The second-order valence-electron chi connectivity index (χ2n) is 4.77. The molecule has 19 heavy (non-hydrogen) atoms. The molecule has 1 aromatic carbocycles. The van der Waals surface area contributed by atoms with Crippen LogP contribution >= 0.6 is 0 Å². The molecule has 2 N–H and O–H groups in total. The Balaban J connectivity index is 2.29. The van der Waals surface area contributed by atoms with Gasteiger partial charge >= 0.3 is 0 Å². The van der Waals surface area contributed by atoms with Gasteiger partial charge in [-0.3, -0.25) is 14.9 Å². The van der Waals surface area contributed by atoms with E-state index in [1.54, 1.807) is 0 Å². The van der Waals surface area contributed by atoms with Gasteiger partial charge in [-0.05, 0) is 12.0 Å². The fraction of sp³-hybridized carbons (Fsp3) is 0.417. The maximum Gasteiger partial charge on any atom is 0.270 e. The minimum absolute atomic E-state index is 0.130. The van der Waals surface area contributed by atoms with E-state index in [0.717, 1.165) is 18.2 Å². The summed E-state index contributed by atoms with van der Waals surface area (Å²) in [5.74, 6) is -1.18. The van der Waals surface area contributed by atoms with E-state index in [2.05, 4.69) is 0 Å². The van der Waals surface area contributed by atoms with E-state index < -0.39 is 16.6 Å². The standard InChI is InChI=1S/C12H14FN3O3/c1-7-5-15(6-11(7)14)12(17)9-4-8(16(18)19)2-3-10(9)13/h2-4,7,11H,5-6,14H2,1H3. The zero-order chi connectivity index (χ0) is 14.2. The topological polar surface area (TPSA) is 89.5 Å². The Hall–Kier alpha value is -2.02. The number of hydrogen-bond acceptors (Lipinski definition) is 4. The molecule has 0 aromatic heterocycles. The number of amides is 1. The smallest absolute Gasteiger partial charge is 0.270 e. The molecule has 1 fully saturated rings. The van der Waals surface area contributed by atoms with Crippen molar-refractivity contribution in [2.75, 3.05) is 13.1 Å². The molecule has 6 nitrogen and oxygen atoms in total. The van der Waals surface area contributed by atoms with Crippen molar-refractivity contribution in [3.8, 4) is 0 Å². The van der Waals surface area contributed by atoms with Crippen molar-refractivity contribution in [3.05, 3.63) is 39.7 Å². The summed E-state index contributed by atoms with van der Waals surface area (Å²) in [6.07, 6.45) is 0. The number of non-ortho nitro benzene ring substituents is 1. The Morgan fingerprint density at radius 3 is 2.74 bits per heavy atom. The number of carbonyl (C=O) groups is 1. The lowest BCUT2D eigenvalue weighted by Gasteiger charge is -2.16. The molecule has 102 valence electrons. The molecule has 1 saturated heterocycles. The summed E-state index contributed by atoms with van der Waals surface area (Å²) in [5, 5.41) is 10.7. The Labute approximate surface area is 109 Å². The Kier molecular flexibility index (Phi) is 3.48. The van der Waals surface area contributed by atoms with Crippen molar-refractivity contribution in [1.29, 1.82) is 0 Å². The van der Waals surface area contributed by atoms with Gasteiger partial charge in [-0.25, -0.2) is 4.39 Å². The van der Waals surface area contributed by atoms with Crippen LogP contribution in [-0.2, 0) is 0 Å². The third kappa shape index (κ3) is 2.55. The average Bonchev–Trinajstić information content (AvgIpc) is 2.69. The summed E-state index contributed by atoms with van der Waals surface area (Å²) < 4.78 is 13.6. The van der Waals surface area contributed by atoms with Crippen molar-refractivity contribution < 1.29 is 14.1 Å². The van der Waals surface area contributed by atoms with Crippen LogP contribution in [0.25, 0.3) is 0 Å². The van der Waals surface area contributed by atoms with Crippen molar-refractivity contribution in [3.63, 3.8) is 0 Å². The lowest BCUT2D eigenvalue weighted by Crippen LogP contribution is -2.32. The molecule has 2 rings (SSSR count). The maximum atomic E-state index is 13.6. The van der Waals surface area contributed by atoms with E-state index in [1.807, 2.05) is 6.92 Å². The Morgan fingerprint density at radius 2 is 2.21 bits per heavy atom. The summed E-state index contributed by atoms with van der Waals surface area (Å²) in [6.45, 7) is 2.67. The highest BCUT2D eigenvalue weighted by atomic mass is 19.1. The summed E-state index contributed by atoms with van der Waals surface area (Å²) >= 11 is 0. The first kappa shape index (κ1) is 13.4. The molecule has 0 radical (unpaired) electrons. The van der Waals surface area contributed by atoms with E-state index in [4.69, 9.17) is 5.73 Å². The fourth-order valence-electron chi connectivity index (χ4n) is 2.12. The summed E-state index contributed by atoms with van der Waals surface area (Å²) in [4.78, 5) is 23.6. The fourth-order valence-corrected chi connectivity index (χ4v) is 2.12. The number of benzene rings is 1. The first-order chi connectivity index (χ1) is 8.90. The van der Waals surface area contributed by atoms with Crippen LogP contribution in [0.15, 0.2) is 18.2 Å². The number of nitrogens with two attached hydrogens (primary N) is 1. The van der Waals surface area contributed by atoms with Crippen LogP contribution in [0.5, 0.6) is 0 Å². The zero-order valence-electron chi connectivity index (χ0n) is 10.4. The molecule has 1 aliphatic rings. The van der Waals surface area contributed by atoms with Gasteiger partial charge in [-0.1, -0.05) is 6.92 Å². The molecule has 0 spiro atoms. The molecule has 7 heteroatoms. The van der Waals surface area contributed by atoms with Crippen LogP contribution in [0.4, 0.5) is 10.1 Å². The number of nitro benzene ring substituents is 1. The van der Waals surface area contributed by atoms with Gasteiger partial charge in [0.25, 0.3) is 11.6 Å². The molecule has 0 aliphatic carbocycles. The number of likely N-dealkylation sites (tertiary alicyclic amines) is 1. The van der Waals surface area contributed by atoms with Crippen LogP contribution < -0.4 is 5.73 Å². The van der Waals surface area contributed by atoms with Crippen LogP contribution in [0, 0.1) is 21.8 Å². The monoisotopic (exact) mass is 267 g/mol. The van der Waals surface area contributed by atoms with E-state index in [9.17, 15) is 19.3 Å².